The van der Waals surface area contributed by atoms with Crippen molar-refractivity contribution in [1.82, 2.24) is 24.5 Å². The first-order chi connectivity index (χ1) is 13.3. The number of nitrogens with zero attached hydrogens (tertiary/aromatic N) is 5. The van der Waals surface area contributed by atoms with Crippen molar-refractivity contribution in [2.24, 2.45) is 5.92 Å². The molecule has 1 aromatic rings. The Bertz CT molecular complexity index is 749. The summed E-state index contributed by atoms with van der Waals surface area (Å²) >= 11 is 0. The standard InChI is InChI=1S/C20H31N5O3/c1-5-24-18(27)20(25(19(24)28)14-15(2)3)8-12-22(13-9-20)17(26)7-11-23-10-6-16(4)21-23/h6,10,15H,5,7-9,11-14H2,1-4H3. The number of aryl methyl sites for hydroxylation is 2. The highest BCUT2D eigenvalue weighted by Gasteiger charge is 2.57. The molecular formula is C20H31N5O3. The summed E-state index contributed by atoms with van der Waals surface area (Å²) < 4.78 is 1.78. The zero-order valence-corrected chi connectivity index (χ0v) is 17.3. The molecule has 1 aromatic heterocycles. The number of urea groups is 1. The third kappa shape index (κ3) is 3.64. The van der Waals surface area contributed by atoms with Crippen molar-refractivity contribution in [2.75, 3.05) is 26.2 Å². The van der Waals surface area contributed by atoms with Crippen LogP contribution < -0.4 is 0 Å². The second kappa shape index (κ2) is 7.93. The lowest BCUT2D eigenvalue weighted by atomic mass is 9.85. The minimum Gasteiger partial charge on any atom is -0.342 e. The predicted molar refractivity (Wildman–Crippen MR) is 104 cm³/mol. The lowest BCUT2D eigenvalue weighted by molar-refractivity contribution is -0.141. The van der Waals surface area contributed by atoms with E-state index in [0.29, 0.717) is 52.0 Å². The van der Waals surface area contributed by atoms with E-state index in [2.05, 4.69) is 18.9 Å². The first-order valence-electron chi connectivity index (χ1n) is 10.2. The summed E-state index contributed by atoms with van der Waals surface area (Å²) in [5.74, 6) is 0.255. The Morgan fingerprint density at radius 2 is 1.93 bits per heavy atom. The van der Waals surface area contributed by atoms with Gasteiger partial charge in [0.05, 0.1) is 5.69 Å². The molecule has 2 fully saturated rings. The third-order valence-electron chi connectivity index (χ3n) is 5.76. The summed E-state index contributed by atoms with van der Waals surface area (Å²) in [6.45, 7) is 10.4. The van der Waals surface area contributed by atoms with E-state index in [1.165, 1.54) is 4.90 Å². The van der Waals surface area contributed by atoms with E-state index in [-0.39, 0.29) is 23.8 Å². The summed E-state index contributed by atoms with van der Waals surface area (Å²) in [5.41, 5.74) is 0.148. The second-order valence-electron chi connectivity index (χ2n) is 8.22. The number of aromatic nitrogens is 2. The fraction of sp³-hybridized carbons (Fsp3) is 0.700. The number of rotatable bonds is 6. The average molecular weight is 390 g/mol. The van der Waals surface area contributed by atoms with Gasteiger partial charge in [0.25, 0.3) is 5.91 Å². The van der Waals surface area contributed by atoms with Crippen LogP contribution in [-0.2, 0) is 16.1 Å². The molecule has 0 atom stereocenters. The van der Waals surface area contributed by atoms with Gasteiger partial charge in [0.2, 0.25) is 5.91 Å². The minimum atomic E-state index is -0.784. The molecule has 8 heteroatoms. The summed E-state index contributed by atoms with van der Waals surface area (Å²) in [4.78, 5) is 43.4. The van der Waals surface area contributed by atoms with Gasteiger partial charge in [-0.1, -0.05) is 13.8 Å². The van der Waals surface area contributed by atoms with Crippen LogP contribution in [0.2, 0.25) is 0 Å². The summed E-state index contributed by atoms with van der Waals surface area (Å²) in [5, 5.41) is 4.31. The van der Waals surface area contributed by atoms with E-state index in [1.54, 1.807) is 9.58 Å². The molecule has 3 rings (SSSR count). The molecule has 3 heterocycles. The SMILES string of the molecule is CCN1C(=O)N(CC(C)C)C2(CCN(C(=O)CCn3ccc(C)n3)CC2)C1=O. The van der Waals surface area contributed by atoms with Crippen LogP contribution in [-0.4, -0.2) is 74.0 Å². The molecule has 2 aliphatic heterocycles. The Hall–Kier alpha value is -2.38. The largest absolute Gasteiger partial charge is 0.342 e. The van der Waals surface area contributed by atoms with Crippen molar-refractivity contribution in [3.63, 3.8) is 0 Å². The fourth-order valence-corrected chi connectivity index (χ4v) is 4.25. The molecule has 1 spiro atoms. The highest BCUT2D eigenvalue weighted by molar-refractivity contribution is 6.07. The van der Waals surface area contributed by atoms with Gasteiger partial charge in [-0.3, -0.25) is 19.2 Å². The van der Waals surface area contributed by atoms with Crippen LogP contribution in [0.25, 0.3) is 0 Å². The number of imide groups is 1. The smallest absolute Gasteiger partial charge is 0.327 e. The van der Waals surface area contributed by atoms with Crippen LogP contribution in [0.5, 0.6) is 0 Å². The van der Waals surface area contributed by atoms with Crippen molar-refractivity contribution >= 4 is 17.8 Å². The first-order valence-corrected chi connectivity index (χ1v) is 10.2. The highest BCUT2D eigenvalue weighted by atomic mass is 16.2. The van der Waals surface area contributed by atoms with Gasteiger partial charge in [0.15, 0.2) is 0 Å². The molecule has 4 amide bonds. The third-order valence-corrected chi connectivity index (χ3v) is 5.76. The van der Waals surface area contributed by atoms with E-state index < -0.39 is 5.54 Å². The van der Waals surface area contributed by atoms with Crippen LogP contribution in [0, 0.1) is 12.8 Å². The highest BCUT2D eigenvalue weighted by Crippen LogP contribution is 2.37. The molecule has 0 radical (unpaired) electrons. The number of hydrogen-bond acceptors (Lipinski definition) is 4. The first kappa shape index (κ1) is 20.4. The second-order valence-corrected chi connectivity index (χ2v) is 8.22. The van der Waals surface area contributed by atoms with Gasteiger partial charge in [0.1, 0.15) is 5.54 Å². The van der Waals surface area contributed by atoms with E-state index in [9.17, 15) is 14.4 Å². The number of hydrogen-bond donors (Lipinski definition) is 0. The number of piperidine rings is 1. The summed E-state index contributed by atoms with van der Waals surface area (Å²) in [7, 11) is 0. The van der Waals surface area contributed by atoms with Gasteiger partial charge in [-0.15, -0.1) is 0 Å². The van der Waals surface area contributed by atoms with Gasteiger partial charge < -0.3 is 9.80 Å². The van der Waals surface area contributed by atoms with Crippen LogP contribution in [0.1, 0.15) is 45.7 Å². The van der Waals surface area contributed by atoms with Crippen LogP contribution in [0.3, 0.4) is 0 Å². The number of carbonyl (C=O) groups is 3. The van der Waals surface area contributed by atoms with Crippen LogP contribution in [0.15, 0.2) is 12.3 Å². The molecule has 2 aliphatic rings. The van der Waals surface area contributed by atoms with E-state index >= 15 is 0 Å². The van der Waals surface area contributed by atoms with Crippen molar-refractivity contribution in [1.29, 1.82) is 0 Å². The Labute approximate surface area is 166 Å². The molecule has 0 aliphatic carbocycles. The number of carbonyl (C=O) groups excluding carboxylic acids is 3. The topological polar surface area (TPSA) is 78.8 Å². The van der Waals surface area contributed by atoms with Gasteiger partial charge in [-0.2, -0.15) is 5.10 Å². The van der Waals surface area contributed by atoms with Crippen LogP contribution in [0.4, 0.5) is 4.79 Å². The van der Waals surface area contributed by atoms with E-state index in [0.717, 1.165) is 5.69 Å². The number of likely N-dealkylation sites (tertiary alicyclic amines) is 1. The number of likely N-dealkylation sites (N-methyl/N-ethyl adjacent to an activating group) is 1. The lowest BCUT2D eigenvalue weighted by Gasteiger charge is -2.42. The molecule has 0 aromatic carbocycles. The maximum Gasteiger partial charge on any atom is 0.327 e. The van der Waals surface area contributed by atoms with Gasteiger partial charge in [-0.25, -0.2) is 4.79 Å². The van der Waals surface area contributed by atoms with Crippen LogP contribution >= 0.6 is 0 Å². The molecule has 0 saturated carbocycles. The quantitative estimate of drug-likeness (QED) is 0.696. The van der Waals surface area contributed by atoms with Crippen molar-refractivity contribution in [2.45, 2.75) is 59.0 Å². The molecule has 0 N–H and O–H groups in total. The molecule has 8 nitrogen and oxygen atoms in total. The maximum atomic E-state index is 13.1. The zero-order valence-electron chi connectivity index (χ0n) is 17.3. The molecule has 2 saturated heterocycles. The monoisotopic (exact) mass is 389 g/mol. The molecular weight excluding hydrogens is 358 g/mol. The normalized spacial score (nSPS) is 19.4. The molecule has 154 valence electrons. The van der Waals surface area contributed by atoms with E-state index in [4.69, 9.17) is 0 Å². The Kier molecular flexibility index (Phi) is 5.76. The van der Waals surface area contributed by atoms with Gasteiger partial charge in [-0.05, 0) is 38.7 Å². The fourth-order valence-electron chi connectivity index (χ4n) is 4.25. The Balaban J connectivity index is 1.65. The van der Waals surface area contributed by atoms with Gasteiger partial charge in [0, 0.05) is 45.3 Å². The predicted octanol–water partition coefficient (Wildman–Crippen LogP) is 1.88. The number of amides is 4. The summed E-state index contributed by atoms with van der Waals surface area (Å²) in [6, 6.07) is 1.73. The van der Waals surface area contributed by atoms with Crippen molar-refractivity contribution in [3.05, 3.63) is 18.0 Å². The van der Waals surface area contributed by atoms with Crippen molar-refractivity contribution < 1.29 is 14.4 Å². The molecule has 0 bridgehead atoms. The summed E-state index contributed by atoms with van der Waals surface area (Å²) in [6.07, 6.45) is 3.28. The van der Waals surface area contributed by atoms with E-state index in [1.807, 2.05) is 31.0 Å². The lowest BCUT2D eigenvalue weighted by Crippen LogP contribution is -2.58. The molecule has 28 heavy (non-hydrogen) atoms. The Morgan fingerprint density at radius 3 is 2.46 bits per heavy atom. The van der Waals surface area contributed by atoms with Crippen molar-refractivity contribution in [3.8, 4) is 0 Å². The zero-order chi connectivity index (χ0) is 20.5. The maximum absolute atomic E-state index is 13.1. The minimum absolute atomic E-state index is 0.0718. The Morgan fingerprint density at radius 1 is 1.25 bits per heavy atom. The molecule has 0 unspecified atom stereocenters. The van der Waals surface area contributed by atoms with Gasteiger partial charge >= 0.3 is 6.03 Å². The average Bonchev–Trinajstić information content (AvgIpc) is 3.16.